The second-order valence-electron chi connectivity index (χ2n) is 1.47. The van der Waals surface area contributed by atoms with E-state index in [9.17, 15) is 4.79 Å². The number of amides is 1. The number of thiazole rings is 1. The van der Waals surface area contributed by atoms with Gasteiger partial charge in [-0.25, -0.2) is 4.98 Å². The SMILES string of the molecule is NSc1cnc(C(N)=O)s1. The van der Waals surface area contributed by atoms with Crippen molar-refractivity contribution in [2.75, 3.05) is 0 Å². The summed E-state index contributed by atoms with van der Waals surface area (Å²) >= 11 is 2.25. The van der Waals surface area contributed by atoms with Crippen LogP contribution in [0.25, 0.3) is 0 Å². The lowest BCUT2D eigenvalue weighted by molar-refractivity contribution is 0.1000. The summed E-state index contributed by atoms with van der Waals surface area (Å²) in [4.78, 5) is 14.2. The van der Waals surface area contributed by atoms with Gasteiger partial charge in [-0.1, -0.05) is 0 Å². The van der Waals surface area contributed by atoms with Gasteiger partial charge in [0.25, 0.3) is 5.91 Å². The topological polar surface area (TPSA) is 82.0 Å². The van der Waals surface area contributed by atoms with Crippen LogP contribution < -0.4 is 10.9 Å². The zero-order valence-corrected chi connectivity index (χ0v) is 6.54. The highest BCUT2D eigenvalue weighted by molar-refractivity contribution is 7.99. The summed E-state index contributed by atoms with van der Waals surface area (Å²) in [6.07, 6.45) is 1.52. The van der Waals surface area contributed by atoms with Crippen molar-refractivity contribution in [1.29, 1.82) is 0 Å². The number of aromatic nitrogens is 1. The molecule has 0 aliphatic heterocycles. The Morgan fingerprint density at radius 2 is 2.50 bits per heavy atom. The maximum Gasteiger partial charge on any atom is 0.277 e. The fourth-order valence-electron chi connectivity index (χ4n) is 0.428. The van der Waals surface area contributed by atoms with Gasteiger partial charge in [0.2, 0.25) is 0 Å². The Kier molecular flexibility index (Phi) is 2.25. The molecule has 0 aliphatic carbocycles. The van der Waals surface area contributed by atoms with E-state index in [-0.39, 0.29) is 0 Å². The van der Waals surface area contributed by atoms with Gasteiger partial charge < -0.3 is 5.73 Å². The van der Waals surface area contributed by atoms with E-state index in [4.69, 9.17) is 10.9 Å². The number of hydrogen-bond donors (Lipinski definition) is 2. The monoisotopic (exact) mass is 175 g/mol. The van der Waals surface area contributed by atoms with E-state index < -0.39 is 5.91 Å². The maximum absolute atomic E-state index is 10.5. The molecule has 0 radical (unpaired) electrons. The van der Waals surface area contributed by atoms with Crippen LogP contribution in [0.15, 0.2) is 10.4 Å². The van der Waals surface area contributed by atoms with E-state index in [1.54, 1.807) is 0 Å². The minimum absolute atomic E-state index is 0.299. The Balaban J connectivity index is 2.88. The molecule has 0 saturated carbocycles. The first-order valence-electron chi connectivity index (χ1n) is 2.36. The van der Waals surface area contributed by atoms with Crippen molar-refractivity contribution in [3.8, 4) is 0 Å². The summed E-state index contributed by atoms with van der Waals surface area (Å²) in [5.41, 5.74) is 4.94. The van der Waals surface area contributed by atoms with Gasteiger partial charge in [-0.2, -0.15) is 0 Å². The number of carbonyl (C=O) groups excluding carboxylic acids is 1. The van der Waals surface area contributed by atoms with Crippen LogP contribution in [0, 0.1) is 0 Å². The average Bonchev–Trinajstić information content (AvgIpc) is 2.34. The van der Waals surface area contributed by atoms with Crippen molar-refractivity contribution >= 4 is 29.2 Å². The predicted octanol–water partition coefficient (Wildman–Crippen LogP) is 0.208. The molecule has 0 aliphatic rings. The molecular weight excluding hydrogens is 170 g/mol. The molecule has 0 saturated heterocycles. The number of rotatable bonds is 2. The minimum Gasteiger partial charge on any atom is -0.364 e. The number of nitrogens with two attached hydrogens (primary N) is 2. The molecule has 0 spiro atoms. The molecule has 0 unspecified atom stereocenters. The van der Waals surface area contributed by atoms with Gasteiger partial charge in [0.05, 0.1) is 10.4 Å². The van der Waals surface area contributed by atoms with Crippen LogP contribution in [-0.4, -0.2) is 10.9 Å². The van der Waals surface area contributed by atoms with Gasteiger partial charge in [-0.15, -0.1) is 11.3 Å². The maximum atomic E-state index is 10.5. The van der Waals surface area contributed by atoms with Gasteiger partial charge in [0, 0.05) is 0 Å². The van der Waals surface area contributed by atoms with Crippen LogP contribution >= 0.6 is 23.3 Å². The Labute approximate surface area is 65.8 Å². The standard InChI is InChI=1S/C4H5N3OS2/c5-3(8)4-7-1-2(9-4)10-6/h1H,6H2,(H2,5,8). The molecule has 4 N–H and O–H groups in total. The molecule has 10 heavy (non-hydrogen) atoms. The van der Waals surface area contributed by atoms with Crippen molar-refractivity contribution in [3.05, 3.63) is 11.2 Å². The summed E-state index contributed by atoms with van der Waals surface area (Å²) in [6, 6.07) is 0. The van der Waals surface area contributed by atoms with Crippen LogP contribution in [0.3, 0.4) is 0 Å². The van der Waals surface area contributed by atoms with E-state index in [0.717, 1.165) is 16.2 Å². The summed E-state index contributed by atoms with van der Waals surface area (Å²) in [5.74, 6) is -0.509. The van der Waals surface area contributed by atoms with Crippen molar-refractivity contribution < 1.29 is 4.79 Å². The highest BCUT2D eigenvalue weighted by atomic mass is 32.2. The van der Waals surface area contributed by atoms with Crippen LogP contribution in [0.4, 0.5) is 0 Å². The summed E-state index contributed by atoms with van der Waals surface area (Å²) in [6.45, 7) is 0. The summed E-state index contributed by atoms with van der Waals surface area (Å²) in [5, 5.41) is 5.50. The van der Waals surface area contributed by atoms with Crippen molar-refractivity contribution in [2.24, 2.45) is 10.9 Å². The smallest absolute Gasteiger partial charge is 0.277 e. The summed E-state index contributed by atoms with van der Waals surface area (Å²) < 4.78 is 0.786. The molecular formula is C4H5N3OS2. The molecule has 0 fully saturated rings. The molecule has 6 heteroatoms. The highest BCUT2D eigenvalue weighted by Gasteiger charge is 2.05. The molecule has 1 heterocycles. The van der Waals surface area contributed by atoms with Crippen LogP contribution in [-0.2, 0) is 0 Å². The Morgan fingerprint density at radius 3 is 2.80 bits per heavy atom. The highest BCUT2D eigenvalue weighted by Crippen LogP contribution is 2.19. The van der Waals surface area contributed by atoms with E-state index in [1.807, 2.05) is 0 Å². The Bertz CT molecular complexity index is 246. The largest absolute Gasteiger partial charge is 0.364 e. The fraction of sp³-hybridized carbons (Fsp3) is 0. The first kappa shape index (κ1) is 7.52. The minimum atomic E-state index is -0.509. The van der Waals surface area contributed by atoms with Gasteiger partial charge in [0.15, 0.2) is 5.01 Å². The van der Waals surface area contributed by atoms with Crippen molar-refractivity contribution in [1.82, 2.24) is 4.98 Å². The average molecular weight is 175 g/mol. The zero-order chi connectivity index (χ0) is 7.56. The first-order chi connectivity index (χ1) is 4.74. The predicted molar refractivity (Wildman–Crippen MR) is 40.7 cm³/mol. The molecule has 54 valence electrons. The van der Waals surface area contributed by atoms with Crippen LogP contribution in [0.2, 0.25) is 0 Å². The number of nitrogens with zero attached hydrogens (tertiary/aromatic N) is 1. The van der Waals surface area contributed by atoms with Crippen LogP contribution in [0.5, 0.6) is 0 Å². The van der Waals surface area contributed by atoms with E-state index in [0.29, 0.717) is 5.01 Å². The molecule has 1 amide bonds. The van der Waals surface area contributed by atoms with E-state index in [2.05, 4.69) is 4.98 Å². The quantitative estimate of drug-likeness (QED) is 0.629. The third-order valence-corrected chi connectivity index (χ3v) is 2.49. The normalized spacial score (nSPS) is 9.70. The molecule has 4 nitrogen and oxygen atoms in total. The molecule has 1 aromatic rings. The first-order valence-corrected chi connectivity index (χ1v) is 4.06. The second kappa shape index (κ2) is 3.00. The lowest BCUT2D eigenvalue weighted by Crippen LogP contribution is -2.09. The number of carbonyl (C=O) groups is 1. The molecule has 0 atom stereocenters. The fourth-order valence-corrected chi connectivity index (χ4v) is 1.47. The van der Waals surface area contributed by atoms with Crippen LogP contribution in [0.1, 0.15) is 9.80 Å². The molecule has 0 aromatic carbocycles. The van der Waals surface area contributed by atoms with E-state index in [1.165, 1.54) is 17.5 Å². The lowest BCUT2D eigenvalue weighted by Gasteiger charge is -1.81. The van der Waals surface area contributed by atoms with E-state index >= 15 is 0 Å². The third-order valence-electron chi connectivity index (χ3n) is 0.811. The van der Waals surface area contributed by atoms with Crippen molar-refractivity contribution in [3.63, 3.8) is 0 Å². The third kappa shape index (κ3) is 1.47. The van der Waals surface area contributed by atoms with Crippen molar-refractivity contribution in [2.45, 2.75) is 4.21 Å². The molecule has 0 bridgehead atoms. The second-order valence-corrected chi connectivity index (χ2v) is 3.43. The number of hydrogen-bond acceptors (Lipinski definition) is 5. The Morgan fingerprint density at radius 1 is 1.80 bits per heavy atom. The van der Waals surface area contributed by atoms with Gasteiger partial charge in [0.1, 0.15) is 0 Å². The van der Waals surface area contributed by atoms with Gasteiger partial charge >= 0.3 is 0 Å². The summed E-state index contributed by atoms with van der Waals surface area (Å²) in [7, 11) is 0. The molecule has 1 rings (SSSR count). The van der Waals surface area contributed by atoms with Gasteiger partial charge in [-0.05, 0) is 11.9 Å². The lowest BCUT2D eigenvalue weighted by atomic mass is 10.7. The Hall–Kier alpha value is -0.590. The number of primary amides is 1. The zero-order valence-electron chi connectivity index (χ0n) is 4.90. The molecule has 1 aromatic heterocycles. The van der Waals surface area contributed by atoms with Gasteiger partial charge in [-0.3, -0.25) is 9.93 Å².